The summed E-state index contributed by atoms with van der Waals surface area (Å²) in [4.78, 5) is 20.7. The van der Waals surface area contributed by atoms with E-state index < -0.39 is 14.8 Å². The van der Waals surface area contributed by atoms with Gasteiger partial charge in [0.05, 0.1) is 16.8 Å². The highest BCUT2D eigenvalue weighted by Crippen LogP contribution is 2.38. The fourth-order valence-corrected chi connectivity index (χ4v) is 4.83. The molecule has 0 saturated carbocycles. The molecule has 1 unspecified atom stereocenters. The number of para-hydroxylation sites is 1. The molecule has 1 aliphatic heterocycles. The number of hydrogen-bond acceptors (Lipinski definition) is 6. The summed E-state index contributed by atoms with van der Waals surface area (Å²) in [6.07, 6.45) is 4.52. The number of nitrogens with zero attached hydrogens (tertiary/aromatic N) is 3. The lowest BCUT2D eigenvalue weighted by molar-refractivity contribution is -0.387. The number of nitrogens with one attached hydrogen (secondary N) is 1. The van der Waals surface area contributed by atoms with Crippen LogP contribution in [0.15, 0.2) is 59.6 Å². The highest BCUT2D eigenvalue weighted by molar-refractivity contribution is 7.90. The normalized spacial score (nSPS) is 17.1. The van der Waals surface area contributed by atoms with Crippen molar-refractivity contribution in [1.82, 2.24) is 9.97 Å². The number of rotatable bonds is 5. The predicted octanol–water partition coefficient (Wildman–Crippen LogP) is 3.77. The molecule has 1 N–H and O–H groups in total. The quantitative estimate of drug-likeness (QED) is 0.491. The van der Waals surface area contributed by atoms with Gasteiger partial charge in [-0.3, -0.25) is 10.1 Å². The molecular formula is C21H22N4O4S. The second-order valence-corrected chi connectivity index (χ2v) is 9.47. The summed E-state index contributed by atoms with van der Waals surface area (Å²) in [6, 6.07) is 14.4. The Balaban J connectivity index is 1.64. The number of hydrogen-bond donors (Lipinski definition) is 1. The summed E-state index contributed by atoms with van der Waals surface area (Å²) in [5, 5.41) is 11.7. The minimum atomic E-state index is -3.72. The summed E-state index contributed by atoms with van der Waals surface area (Å²) in [5.74, 6) is 0.901. The number of piperidine rings is 1. The third kappa shape index (κ3) is 3.93. The average molecular weight is 426 g/mol. The molecule has 3 aromatic rings. The molecule has 2 aromatic carbocycles. The van der Waals surface area contributed by atoms with E-state index in [1.54, 1.807) is 18.3 Å². The van der Waals surface area contributed by atoms with Gasteiger partial charge >= 0.3 is 5.69 Å². The zero-order valence-electron chi connectivity index (χ0n) is 16.5. The number of anilines is 1. The van der Waals surface area contributed by atoms with Crippen molar-refractivity contribution in [3.63, 3.8) is 0 Å². The third-order valence-electron chi connectivity index (χ3n) is 5.39. The van der Waals surface area contributed by atoms with Crippen molar-refractivity contribution in [2.45, 2.75) is 23.7 Å². The zero-order chi connectivity index (χ0) is 21.3. The first-order valence-corrected chi connectivity index (χ1v) is 11.6. The van der Waals surface area contributed by atoms with Crippen molar-refractivity contribution in [2.75, 3.05) is 24.2 Å². The van der Waals surface area contributed by atoms with Gasteiger partial charge in [-0.15, -0.1) is 0 Å². The molecule has 0 radical (unpaired) electrons. The van der Waals surface area contributed by atoms with Gasteiger partial charge in [0.25, 0.3) is 0 Å². The van der Waals surface area contributed by atoms with Crippen molar-refractivity contribution < 1.29 is 13.3 Å². The van der Waals surface area contributed by atoms with E-state index in [1.165, 1.54) is 6.07 Å². The van der Waals surface area contributed by atoms with E-state index in [0.29, 0.717) is 18.8 Å². The van der Waals surface area contributed by atoms with Crippen LogP contribution in [0.3, 0.4) is 0 Å². The van der Waals surface area contributed by atoms with Gasteiger partial charge in [0.15, 0.2) is 9.84 Å². The van der Waals surface area contributed by atoms with E-state index in [-0.39, 0.29) is 16.5 Å². The Morgan fingerprint density at radius 2 is 1.93 bits per heavy atom. The number of nitro groups is 1. The molecule has 8 nitrogen and oxygen atoms in total. The Morgan fingerprint density at radius 1 is 1.17 bits per heavy atom. The number of sulfone groups is 1. The largest absolute Gasteiger partial charge is 0.365 e. The molecule has 1 fully saturated rings. The molecule has 4 rings (SSSR count). The second kappa shape index (κ2) is 7.91. The van der Waals surface area contributed by atoms with Crippen LogP contribution in [0.4, 0.5) is 11.4 Å². The van der Waals surface area contributed by atoms with Gasteiger partial charge in [0, 0.05) is 25.3 Å². The smallest absolute Gasteiger partial charge is 0.311 e. The molecule has 0 spiro atoms. The maximum absolute atomic E-state index is 12.1. The summed E-state index contributed by atoms with van der Waals surface area (Å²) >= 11 is 0. The lowest BCUT2D eigenvalue weighted by Crippen LogP contribution is -2.35. The topological polar surface area (TPSA) is 109 Å². The maximum Gasteiger partial charge on any atom is 0.311 e. The number of imidazole rings is 1. The third-order valence-corrected chi connectivity index (χ3v) is 6.52. The van der Waals surface area contributed by atoms with E-state index in [4.69, 9.17) is 0 Å². The van der Waals surface area contributed by atoms with Crippen molar-refractivity contribution in [1.29, 1.82) is 0 Å². The Morgan fingerprint density at radius 3 is 2.63 bits per heavy atom. The standard InChI is InChI=1S/C21H22N4O4S/c1-30(28,29)19-11-5-10-18(20(19)25(26)27)24-12-6-9-16(14-24)21-22-13-17(23-21)15-7-3-2-4-8-15/h2-5,7-8,10-11,13,16H,6,9,12,14H2,1H3,(H,22,23). The minimum Gasteiger partial charge on any atom is -0.365 e. The summed E-state index contributed by atoms with van der Waals surface area (Å²) in [6.45, 7) is 1.15. The average Bonchev–Trinajstić information content (AvgIpc) is 3.24. The molecule has 1 atom stereocenters. The van der Waals surface area contributed by atoms with Gasteiger partial charge in [-0.1, -0.05) is 36.4 Å². The van der Waals surface area contributed by atoms with E-state index in [1.807, 2.05) is 35.2 Å². The van der Waals surface area contributed by atoms with Crippen LogP contribution in [0, 0.1) is 10.1 Å². The first-order valence-electron chi connectivity index (χ1n) is 9.67. The number of aromatic nitrogens is 2. The lowest BCUT2D eigenvalue weighted by atomic mass is 9.96. The lowest BCUT2D eigenvalue weighted by Gasteiger charge is -2.33. The summed E-state index contributed by atoms with van der Waals surface area (Å²) in [7, 11) is -3.72. The van der Waals surface area contributed by atoms with Crippen LogP contribution in [-0.2, 0) is 9.84 Å². The maximum atomic E-state index is 12.1. The van der Waals surface area contributed by atoms with Crippen LogP contribution < -0.4 is 4.90 Å². The molecule has 9 heteroatoms. The molecule has 0 aliphatic carbocycles. The Bertz CT molecular complexity index is 1170. The molecule has 30 heavy (non-hydrogen) atoms. The van der Waals surface area contributed by atoms with Crippen LogP contribution in [-0.4, -0.2) is 42.7 Å². The predicted molar refractivity (Wildman–Crippen MR) is 114 cm³/mol. The molecule has 0 amide bonds. The Kier molecular flexibility index (Phi) is 5.29. The summed E-state index contributed by atoms with van der Waals surface area (Å²) in [5.41, 5.74) is 1.95. The second-order valence-electron chi connectivity index (χ2n) is 7.49. The van der Waals surface area contributed by atoms with Crippen molar-refractivity contribution in [3.8, 4) is 11.3 Å². The van der Waals surface area contributed by atoms with E-state index >= 15 is 0 Å². The van der Waals surface area contributed by atoms with Crippen LogP contribution in [0.5, 0.6) is 0 Å². The Labute approximate surface area is 174 Å². The molecule has 2 heterocycles. The van der Waals surface area contributed by atoms with E-state index in [9.17, 15) is 18.5 Å². The first-order chi connectivity index (χ1) is 14.3. The van der Waals surface area contributed by atoms with Gasteiger partial charge in [-0.05, 0) is 30.5 Å². The molecule has 1 aliphatic rings. The van der Waals surface area contributed by atoms with Crippen molar-refractivity contribution in [3.05, 3.63) is 70.7 Å². The number of nitro benzene ring substituents is 1. The fraction of sp³-hybridized carbons (Fsp3) is 0.286. The highest BCUT2D eigenvalue weighted by atomic mass is 32.2. The fourth-order valence-electron chi connectivity index (χ4n) is 3.98. The minimum absolute atomic E-state index is 0.0673. The monoisotopic (exact) mass is 426 g/mol. The molecule has 1 saturated heterocycles. The molecular weight excluding hydrogens is 404 g/mol. The van der Waals surface area contributed by atoms with Gasteiger partial charge in [-0.25, -0.2) is 13.4 Å². The van der Waals surface area contributed by atoms with Gasteiger partial charge in [-0.2, -0.15) is 0 Å². The first kappa shape index (κ1) is 20.1. The van der Waals surface area contributed by atoms with Crippen LogP contribution in [0.1, 0.15) is 24.6 Å². The SMILES string of the molecule is CS(=O)(=O)c1cccc(N2CCCC(c3ncc(-c4ccccc4)[nH]3)C2)c1[N+](=O)[O-]. The van der Waals surface area contributed by atoms with E-state index in [2.05, 4.69) is 9.97 Å². The van der Waals surface area contributed by atoms with Crippen molar-refractivity contribution in [2.24, 2.45) is 0 Å². The van der Waals surface area contributed by atoms with Gasteiger partial charge in [0.1, 0.15) is 16.4 Å². The van der Waals surface area contributed by atoms with E-state index in [0.717, 1.165) is 36.2 Å². The summed E-state index contributed by atoms with van der Waals surface area (Å²) < 4.78 is 24.2. The molecule has 156 valence electrons. The van der Waals surface area contributed by atoms with Crippen LogP contribution in [0.25, 0.3) is 11.3 Å². The zero-order valence-corrected chi connectivity index (χ0v) is 17.3. The molecule has 0 bridgehead atoms. The van der Waals surface area contributed by atoms with Gasteiger partial charge < -0.3 is 9.88 Å². The number of benzene rings is 2. The number of aromatic amines is 1. The van der Waals surface area contributed by atoms with Crippen LogP contribution in [0.2, 0.25) is 0 Å². The molecule has 1 aromatic heterocycles. The highest BCUT2D eigenvalue weighted by Gasteiger charge is 2.32. The number of H-pyrrole nitrogens is 1. The van der Waals surface area contributed by atoms with Crippen molar-refractivity contribution >= 4 is 21.2 Å². The Hall–Kier alpha value is -3.20. The van der Waals surface area contributed by atoms with Crippen LogP contribution >= 0.6 is 0 Å². The van der Waals surface area contributed by atoms with Gasteiger partial charge in [0.2, 0.25) is 0 Å².